The lowest BCUT2D eigenvalue weighted by atomic mass is 9.82. The number of halogens is 1. The lowest BCUT2D eigenvalue weighted by Gasteiger charge is -2.32. The predicted molar refractivity (Wildman–Crippen MR) is 126 cm³/mol. The van der Waals surface area contributed by atoms with E-state index in [1.807, 2.05) is 6.08 Å². The van der Waals surface area contributed by atoms with Crippen LogP contribution in [0.5, 0.6) is 11.5 Å². The molecule has 2 aliphatic rings. The molecular formula is C25H25FN4O5. The minimum Gasteiger partial charge on any atom is -0.493 e. The Labute approximate surface area is 200 Å². The molecule has 182 valence electrons. The van der Waals surface area contributed by atoms with Crippen LogP contribution in [-0.2, 0) is 11.3 Å². The summed E-state index contributed by atoms with van der Waals surface area (Å²) in [6.07, 6.45) is 7.01. The number of methoxy groups -OCH3 is 2. The molecule has 1 amide bonds. The molecule has 3 aromatic rings. The number of aromatic nitrogens is 3. The van der Waals surface area contributed by atoms with E-state index >= 15 is 0 Å². The summed E-state index contributed by atoms with van der Waals surface area (Å²) >= 11 is 0. The number of pyridine rings is 3. The average Bonchev–Trinajstić information content (AvgIpc) is 3.19. The molecule has 0 bridgehead atoms. The van der Waals surface area contributed by atoms with Crippen molar-refractivity contribution in [1.29, 1.82) is 0 Å². The van der Waals surface area contributed by atoms with Gasteiger partial charge in [-0.05, 0) is 31.7 Å². The molecule has 9 nitrogen and oxygen atoms in total. The highest BCUT2D eigenvalue weighted by Crippen LogP contribution is 2.41. The SMILES string of the molecule is COc1cnc(N2CC3(CCC(=CCn4c(=O)ccc5ncc(F)cc54)CC3)OC2=O)cc1OC. The third kappa shape index (κ3) is 4.31. The van der Waals surface area contributed by atoms with Gasteiger partial charge in [-0.25, -0.2) is 14.2 Å². The van der Waals surface area contributed by atoms with E-state index in [1.54, 1.807) is 12.1 Å². The number of nitrogens with zero attached hydrogens (tertiary/aromatic N) is 4. The van der Waals surface area contributed by atoms with Crippen molar-refractivity contribution in [3.8, 4) is 11.5 Å². The van der Waals surface area contributed by atoms with Crippen LogP contribution in [0, 0.1) is 5.82 Å². The van der Waals surface area contributed by atoms with Crippen LogP contribution in [0.4, 0.5) is 15.0 Å². The van der Waals surface area contributed by atoms with Crippen molar-refractivity contribution in [1.82, 2.24) is 14.5 Å². The van der Waals surface area contributed by atoms with Gasteiger partial charge in [-0.2, -0.15) is 0 Å². The van der Waals surface area contributed by atoms with Gasteiger partial charge in [0.1, 0.15) is 17.2 Å². The largest absolute Gasteiger partial charge is 0.493 e. The molecule has 1 saturated heterocycles. The van der Waals surface area contributed by atoms with Gasteiger partial charge in [0.15, 0.2) is 11.5 Å². The summed E-state index contributed by atoms with van der Waals surface area (Å²) in [6, 6.07) is 6.02. The number of anilines is 1. The van der Waals surface area contributed by atoms with Crippen LogP contribution in [0.2, 0.25) is 0 Å². The molecular weight excluding hydrogens is 455 g/mol. The average molecular weight is 480 g/mol. The summed E-state index contributed by atoms with van der Waals surface area (Å²) in [5, 5.41) is 0. The number of ether oxygens (including phenoxy) is 3. The highest BCUT2D eigenvalue weighted by molar-refractivity contribution is 5.89. The molecule has 1 aliphatic carbocycles. The van der Waals surface area contributed by atoms with Crippen molar-refractivity contribution in [3.05, 3.63) is 64.5 Å². The second-order valence-electron chi connectivity index (χ2n) is 8.74. The zero-order valence-electron chi connectivity index (χ0n) is 19.5. The van der Waals surface area contributed by atoms with E-state index in [1.165, 1.54) is 47.6 Å². The van der Waals surface area contributed by atoms with Crippen LogP contribution in [0.25, 0.3) is 11.0 Å². The fraction of sp³-hybridized carbons (Fsp3) is 0.360. The quantitative estimate of drug-likeness (QED) is 0.512. The Morgan fingerprint density at radius 2 is 1.86 bits per heavy atom. The molecule has 5 rings (SSSR count). The maximum atomic E-state index is 13.7. The number of carbonyl (C=O) groups excluding carboxylic acids is 1. The summed E-state index contributed by atoms with van der Waals surface area (Å²) in [4.78, 5) is 35.0. The Kier molecular flexibility index (Phi) is 5.88. The summed E-state index contributed by atoms with van der Waals surface area (Å²) in [7, 11) is 3.05. The summed E-state index contributed by atoms with van der Waals surface area (Å²) in [5.41, 5.74) is 1.39. The molecule has 0 atom stereocenters. The molecule has 1 saturated carbocycles. The number of rotatable bonds is 5. The van der Waals surface area contributed by atoms with Crippen molar-refractivity contribution in [2.24, 2.45) is 0 Å². The Morgan fingerprint density at radius 1 is 1.09 bits per heavy atom. The van der Waals surface area contributed by atoms with Gasteiger partial charge in [-0.1, -0.05) is 11.6 Å². The topological polar surface area (TPSA) is 95.8 Å². The van der Waals surface area contributed by atoms with Gasteiger partial charge in [0, 0.05) is 24.7 Å². The molecule has 0 radical (unpaired) electrons. The van der Waals surface area contributed by atoms with Gasteiger partial charge in [-0.3, -0.25) is 14.7 Å². The molecule has 4 heterocycles. The van der Waals surface area contributed by atoms with Gasteiger partial charge >= 0.3 is 6.09 Å². The molecule has 35 heavy (non-hydrogen) atoms. The smallest absolute Gasteiger partial charge is 0.416 e. The molecule has 0 aromatic carbocycles. The van der Waals surface area contributed by atoms with Crippen molar-refractivity contribution in [2.75, 3.05) is 25.7 Å². The van der Waals surface area contributed by atoms with Crippen LogP contribution in [0.1, 0.15) is 25.7 Å². The number of hydrogen-bond acceptors (Lipinski definition) is 7. The van der Waals surface area contributed by atoms with Crippen LogP contribution in [-0.4, -0.2) is 47.0 Å². The second kappa shape index (κ2) is 9.01. The first-order valence-corrected chi connectivity index (χ1v) is 11.3. The minimum atomic E-state index is -0.591. The Balaban J connectivity index is 1.29. The van der Waals surface area contributed by atoms with Crippen LogP contribution < -0.4 is 19.9 Å². The van der Waals surface area contributed by atoms with Crippen molar-refractivity contribution < 1.29 is 23.4 Å². The van der Waals surface area contributed by atoms with Crippen LogP contribution in [0.15, 0.2) is 53.1 Å². The summed E-state index contributed by atoms with van der Waals surface area (Å²) in [5.74, 6) is 0.927. The Bertz CT molecular complexity index is 1380. The standard InChI is InChI=1S/C25H25FN4O5/c1-33-20-12-22(28-14-21(20)34-2)30-15-25(35-24(30)32)8-5-16(6-9-25)7-10-29-19-11-17(26)13-27-18(19)3-4-23(29)31/h3-4,7,11-14H,5-6,8-10,15H2,1-2H3. The van der Waals surface area contributed by atoms with Gasteiger partial charge in [0.2, 0.25) is 0 Å². The molecule has 3 aromatic heterocycles. The number of allylic oxidation sites excluding steroid dienone is 2. The number of fused-ring (bicyclic) bond motifs is 1. The van der Waals surface area contributed by atoms with E-state index in [4.69, 9.17) is 14.2 Å². The maximum absolute atomic E-state index is 13.7. The number of amides is 1. The monoisotopic (exact) mass is 480 g/mol. The van der Waals surface area contributed by atoms with E-state index in [-0.39, 0.29) is 5.56 Å². The first-order valence-electron chi connectivity index (χ1n) is 11.3. The second-order valence-corrected chi connectivity index (χ2v) is 8.74. The Hall–Kier alpha value is -3.95. The third-order valence-corrected chi connectivity index (χ3v) is 6.67. The van der Waals surface area contributed by atoms with Crippen molar-refractivity contribution >= 4 is 22.9 Å². The fourth-order valence-corrected chi connectivity index (χ4v) is 4.72. The van der Waals surface area contributed by atoms with E-state index in [0.717, 1.165) is 19.0 Å². The molecule has 1 spiro atoms. The first kappa shape index (κ1) is 22.8. The number of hydrogen-bond donors (Lipinski definition) is 0. The highest BCUT2D eigenvalue weighted by atomic mass is 19.1. The fourth-order valence-electron chi connectivity index (χ4n) is 4.72. The van der Waals surface area contributed by atoms with E-state index < -0.39 is 17.5 Å². The van der Waals surface area contributed by atoms with E-state index in [2.05, 4.69) is 9.97 Å². The molecule has 0 unspecified atom stereocenters. The third-order valence-electron chi connectivity index (χ3n) is 6.67. The summed E-state index contributed by atoms with van der Waals surface area (Å²) < 4.78 is 31.6. The van der Waals surface area contributed by atoms with Gasteiger partial charge in [0.25, 0.3) is 5.56 Å². The molecule has 2 fully saturated rings. The van der Waals surface area contributed by atoms with Crippen molar-refractivity contribution in [2.45, 2.75) is 37.8 Å². The van der Waals surface area contributed by atoms with Gasteiger partial charge in [0.05, 0.1) is 44.2 Å². The Morgan fingerprint density at radius 3 is 2.60 bits per heavy atom. The lowest BCUT2D eigenvalue weighted by Crippen LogP contribution is -2.37. The predicted octanol–water partition coefficient (Wildman–Crippen LogP) is 3.84. The number of carbonyl (C=O) groups is 1. The normalized spacial score (nSPS) is 19.8. The van der Waals surface area contributed by atoms with Crippen molar-refractivity contribution in [3.63, 3.8) is 0 Å². The van der Waals surface area contributed by atoms with Crippen LogP contribution in [0.3, 0.4) is 0 Å². The maximum Gasteiger partial charge on any atom is 0.416 e. The lowest BCUT2D eigenvalue weighted by molar-refractivity contribution is 0.0346. The zero-order valence-corrected chi connectivity index (χ0v) is 19.5. The summed E-state index contributed by atoms with van der Waals surface area (Å²) in [6.45, 7) is 0.723. The first-order chi connectivity index (χ1) is 16.9. The van der Waals surface area contributed by atoms with Crippen LogP contribution >= 0.6 is 0 Å². The molecule has 1 aliphatic heterocycles. The molecule has 10 heteroatoms. The van der Waals surface area contributed by atoms with Gasteiger partial charge < -0.3 is 18.8 Å². The molecule has 0 N–H and O–H groups in total. The zero-order chi connectivity index (χ0) is 24.6. The van der Waals surface area contributed by atoms with E-state index in [9.17, 15) is 14.0 Å². The van der Waals surface area contributed by atoms with Gasteiger partial charge in [-0.15, -0.1) is 0 Å². The minimum absolute atomic E-state index is 0.211. The van der Waals surface area contributed by atoms with E-state index in [0.29, 0.717) is 54.3 Å². The highest BCUT2D eigenvalue weighted by Gasteiger charge is 2.47.